The lowest BCUT2D eigenvalue weighted by atomic mass is 10.1. The largest absolute Gasteiger partial charge is 0.350 e. The first-order valence-electron chi connectivity index (χ1n) is 7.13. The Hall–Kier alpha value is -2.13. The summed E-state index contributed by atoms with van der Waals surface area (Å²) in [7, 11) is 0. The Balaban J connectivity index is 0.000000219. The topological polar surface area (TPSA) is 55.1 Å². The van der Waals surface area contributed by atoms with Crippen molar-refractivity contribution in [1.29, 1.82) is 0 Å². The van der Waals surface area contributed by atoms with Gasteiger partial charge >= 0.3 is 0 Å². The first-order chi connectivity index (χ1) is 10.0. The number of benzene rings is 2. The van der Waals surface area contributed by atoms with E-state index in [0.29, 0.717) is 0 Å². The smallest absolute Gasteiger partial charge is 0.217 e. The second-order valence-corrected chi connectivity index (χ2v) is 5.03. The predicted molar refractivity (Wildman–Crippen MR) is 87.7 cm³/mol. The number of nitrogens with one attached hydrogen (secondary N) is 1. The Bertz CT molecular complexity index is 523. The van der Waals surface area contributed by atoms with Gasteiger partial charge < -0.3 is 11.1 Å². The van der Waals surface area contributed by atoms with Gasteiger partial charge in [-0.05, 0) is 25.0 Å². The molecule has 0 bridgehead atoms. The van der Waals surface area contributed by atoms with Crippen LogP contribution in [0.25, 0.3) is 0 Å². The number of hydrogen-bond acceptors (Lipinski definition) is 2. The van der Waals surface area contributed by atoms with Crippen molar-refractivity contribution in [2.24, 2.45) is 5.73 Å². The first kappa shape index (κ1) is 16.9. The molecular formula is C18H24N2O. The molecule has 3 heteroatoms. The van der Waals surface area contributed by atoms with E-state index >= 15 is 0 Å². The zero-order chi connectivity index (χ0) is 15.7. The van der Waals surface area contributed by atoms with Gasteiger partial charge in [0.05, 0.1) is 6.04 Å². The highest BCUT2D eigenvalue weighted by atomic mass is 16.1. The lowest BCUT2D eigenvalue weighted by Gasteiger charge is -2.11. The van der Waals surface area contributed by atoms with Crippen molar-refractivity contribution in [1.82, 2.24) is 5.32 Å². The zero-order valence-electron chi connectivity index (χ0n) is 12.9. The minimum Gasteiger partial charge on any atom is -0.350 e. The van der Waals surface area contributed by atoms with Crippen molar-refractivity contribution in [2.45, 2.75) is 32.9 Å². The van der Waals surface area contributed by atoms with Crippen LogP contribution in [0, 0.1) is 0 Å². The molecule has 0 radical (unpaired) electrons. The maximum atomic E-state index is 10.7. The lowest BCUT2D eigenvalue weighted by Crippen LogP contribution is -2.23. The Morgan fingerprint density at radius 1 is 0.905 bits per heavy atom. The van der Waals surface area contributed by atoms with E-state index in [1.54, 1.807) is 0 Å². The molecule has 3 N–H and O–H groups in total. The maximum absolute atomic E-state index is 10.7. The molecule has 2 rings (SSSR count). The monoisotopic (exact) mass is 284 g/mol. The van der Waals surface area contributed by atoms with Crippen molar-refractivity contribution in [3.8, 4) is 0 Å². The van der Waals surface area contributed by atoms with Gasteiger partial charge in [0, 0.05) is 13.0 Å². The van der Waals surface area contributed by atoms with Crippen LogP contribution >= 0.6 is 0 Å². The third kappa shape index (κ3) is 6.72. The molecule has 0 aromatic heterocycles. The number of amides is 1. The van der Waals surface area contributed by atoms with Gasteiger partial charge in [-0.1, -0.05) is 60.7 Å². The molecule has 0 saturated heterocycles. The summed E-state index contributed by atoms with van der Waals surface area (Å²) in [4.78, 5) is 10.7. The second kappa shape index (κ2) is 8.93. The van der Waals surface area contributed by atoms with Crippen LogP contribution < -0.4 is 11.1 Å². The van der Waals surface area contributed by atoms with Crippen LogP contribution in [0.5, 0.6) is 0 Å². The van der Waals surface area contributed by atoms with Crippen LogP contribution in [0.3, 0.4) is 0 Å². The van der Waals surface area contributed by atoms with Crippen molar-refractivity contribution >= 4 is 5.91 Å². The Labute approximate surface area is 127 Å². The molecule has 0 aliphatic heterocycles. The van der Waals surface area contributed by atoms with E-state index in [4.69, 9.17) is 5.73 Å². The predicted octanol–water partition coefficient (Wildman–Crippen LogP) is 3.59. The van der Waals surface area contributed by atoms with E-state index in [9.17, 15) is 4.79 Å². The van der Waals surface area contributed by atoms with E-state index in [2.05, 4.69) is 5.32 Å². The summed E-state index contributed by atoms with van der Waals surface area (Å²) in [6, 6.07) is 20.2. The highest BCUT2D eigenvalue weighted by Gasteiger charge is 2.03. The molecule has 0 spiro atoms. The van der Waals surface area contributed by atoms with E-state index in [0.717, 1.165) is 5.56 Å². The van der Waals surface area contributed by atoms with E-state index in [-0.39, 0.29) is 18.0 Å². The standard InChI is InChI=1S/C10H13NO.C8H11N/c1-8(11-9(2)12)10-6-4-3-5-7-10;1-7(9)8-5-3-2-4-6-8/h3-8H,1-2H3,(H,11,12);2-7H,9H2,1H3/t8-;7-/m00/s1. The van der Waals surface area contributed by atoms with Crippen molar-refractivity contribution < 1.29 is 4.79 Å². The number of rotatable bonds is 3. The summed E-state index contributed by atoms with van der Waals surface area (Å²) < 4.78 is 0. The molecule has 0 heterocycles. The summed E-state index contributed by atoms with van der Waals surface area (Å²) >= 11 is 0. The summed E-state index contributed by atoms with van der Waals surface area (Å²) in [5.41, 5.74) is 7.94. The normalized spacial score (nSPS) is 12.6. The van der Waals surface area contributed by atoms with Crippen LogP contribution in [-0.2, 0) is 4.79 Å². The Morgan fingerprint density at radius 2 is 1.33 bits per heavy atom. The molecule has 1 amide bonds. The molecular weight excluding hydrogens is 260 g/mol. The average Bonchev–Trinajstić information content (AvgIpc) is 2.49. The molecule has 0 unspecified atom stereocenters. The highest BCUT2D eigenvalue weighted by molar-refractivity contribution is 5.73. The molecule has 2 atom stereocenters. The van der Waals surface area contributed by atoms with E-state index in [1.807, 2.05) is 74.5 Å². The van der Waals surface area contributed by atoms with Gasteiger partial charge in [0.1, 0.15) is 0 Å². The van der Waals surface area contributed by atoms with Gasteiger partial charge in [0.2, 0.25) is 5.91 Å². The Kier molecular flexibility index (Phi) is 7.19. The molecule has 0 fully saturated rings. The average molecular weight is 284 g/mol. The molecule has 0 aliphatic carbocycles. The third-order valence-electron chi connectivity index (χ3n) is 3.04. The molecule has 21 heavy (non-hydrogen) atoms. The number of carbonyl (C=O) groups excluding carboxylic acids is 1. The van der Waals surface area contributed by atoms with Gasteiger partial charge in [-0.3, -0.25) is 4.79 Å². The Morgan fingerprint density at radius 3 is 1.67 bits per heavy atom. The van der Waals surface area contributed by atoms with Crippen molar-refractivity contribution in [3.63, 3.8) is 0 Å². The van der Waals surface area contributed by atoms with Crippen LogP contribution in [0.4, 0.5) is 0 Å². The molecule has 3 nitrogen and oxygen atoms in total. The number of carbonyl (C=O) groups is 1. The van der Waals surface area contributed by atoms with E-state index in [1.165, 1.54) is 12.5 Å². The number of nitrogens with two attached hydrogens (primary N) is 1. The summed E-state index contributed by atoms with van der Waals surface area (Å²) in [6.45, 7) is 5.48. The van der Waals surface area contributed by atoms with Gasteiger partial charge in [-0.25, -0.2) is 0 Å². The van der Waals surface area contributed by atoms with Crippen LogP contribution in [0.2, 0.25) is 0 Å². The molecule has 112 valence electrons. The van der Waals surface area contributed by atoms with Gasteiger partial charge in [0.25, 0.3) is 0 Å². The zero-order valence-corrected chi connectivity index (χ0v) is 12.9. The number of hydrogen-bond donors (Lipinski definition) is 2. The summed E-state index contributed by atoms with van der Waals surface area (Å²) in [5, 5.41) is 2.82. The van der Waals surface area contributed by atoms with E-state index < -0.39 is 0 Å². The maximum Gasteiger partial charge on any atom is 0.217 e. The fourth-order valence-corrected chi connectivity index (χ4v) is 1.89. The second-order valence-electron chi connectivity index (χ2n) is 5.03. The third-order valence-corrected chi connectivity index (χ3v) is 3.04. The van der Waals surface area contributed by atoms with Crippen LogP contribution in [0.1, 0.15) is 44.0 Å². The highest BCUT2D eigenvalue weighted by Crippen LogP contribution is 2.10. The van der Waals surface area contributed by atoms with Crippen LogP contribution in [-0.4, -0.2) is 5.91 Å². The quantitative estimate of drug-likeness (QED) is 0.905. The molecule has 0 aliphatic rings. The summed E-state index contributed by atoms with van der Waals surface area (Å²) in [5.74, 6) is 0.00588. The molecule has 0 saturated carbocycles. The SMILES string of the molecule is CC(=O)N[C@@H](C)c1ccccc1.C[C@H](N)c1ccccc1. The molecule has 2 aromatic rings. The van der Waals surface area contributed by atoms with Crippen LogP contribution in [0.15, 0.2) is 60.7 Å². The van der Waals surface area contributed by atoms with Crippen molar-refractivity contribution in [3.05, 3.63) is 71.8 Å². The molecule has 2 aromatic carbocycles. The summed E-state index contributed by atoms with van der Waals surface area (Å²) in [6.07, 6.45) is 0. The first-order valence-corrected chi connectivity index (χ1v) is 7.13. The fourth-order valence-electron chi connectivity index (χ4n) is 1.89. The van der Waals surface area contributed by atoms with Gasteiger partial charge in [-0.15, -0.1) is 0 Å². The fraction of sp³-hybridized carbons (Fsp3) is 0.278. The van der Waals surface area contributed by atoms with Crippen molar-refractivity contribution in [2.75, 3.05) is 0 Å². The minimum absolute atomic E-state index is 0.00588. The lowest BCUT2D eigenvalue weighted by molar-refractivity contribution is -0.119. The minimum atomic E-state index is 0.00588. The van der Waals surface area contributed by atoms with Gasteiger partial charge in [0.15, 0.2) is 0 Å². The van der Waals surface area contributed by atoms with Gasteiger partial charge in [-0.2, -0.15) is 0 Å².